The maximum atomic E-state index is 13.6. The van der Waals surface area contributed by atoms with E-state index in [-0.39, 0.29) is 11.6 Å². The molecule has 0 atom stereocenters. The first-order chi connectivity index (χ1) is 10.2. The molecule has 5 heteroatoms. The summed E-state index contributed by atoms with van der Waals surface area (Å²) < 4.78 is 28.8. The molecule has 1 aromatic heterocycles. The third kappa shape index (κ3) is 3.67. The van der Waals surface area contributed by atoms with Gasteiger partial charge in [-0.1, -0.05) is 0 Å². The Labute approximate surface area is 123 Å². The quantitative estimate of drug-likeness (QED) is 0.863. The number of halogens is 2. The van der Waals surface area contributed by atoms with Gasteiger partial charge in [0.15, 0.2) is 0 Å². The van der Waals surface area contributed by atoms with Crippen molar-refractivity contribution in [2.24, 2.45) is 5.92 Å². The highest BCUT2D eigenvalue weighted by Gasteiger charge is 2.20. The molecule has 2 aromatic rings. The van der Waals surface area contributed by atoms with Gasteiger partial charge in [0.2, 0.25) is 0 Å². The molecule has 1 aromatic carbocycles. The first kappa shape index (κ1) is 14.2. The van der Waals surface area contributed by atoms with E-state index in [9.17, 15) is 8.78 Å². The summed E-state index contributed by atoms with van der Waals surface area (Å²) in [6.45, 7) is 3.26. The normalized spacial score (nSPS) is 17.2. The van der Waals surface area contributed by atoms with Crippen LogP contribution in [0.5, 0.6) is 0 Å². The first-order valence-corrected chi connectivity index (χ1v) is 7.34. The molecular weight excluding hydrogens is 272 g/mol. The Hall–Kier alpha value is -1.75. The fourth-order valence-electron chi connectivity index (χ4n) is 2.91. The number of aromatic nitrogens is 2. The van der Waals surface area contributed by atoms with Crippen molar-refractivity contribution in [2.45, 2.75) is 25.9 Å². The zero-order valence-electron chi connectivity index (χ0n) is 11.9. The van der Waals surface area contributed by atoms with E-state index in [1.165, 1.54) is 12.1 Å². The maximum absolute atomic E-state index is 13.6. The van der Waals surface area contributed by atoms with Gasteiger partial charge in [-0.05, 0) is 56.1 Å². The minimum Gasteiger partial charge on any atom is -0.299 e. The van der Waals surface area contributed by atoms with Gasteiger partial charge in [-0.15, -0.1) is 0 Å². The van der Waals surface area contributed by atoms with Crippen molar-refractivity contribution in [3.63, 3.8) is 0 Å². The maximum Gasteiger partial charge on any atom is 0.127 e. The van der Waals surface area contributed by atoms with E-state index in [1.807, 2.05) is 16.9 Å². The molecule has 0 aliphatic carbocycles. The number of benzene rings is 1. The molecule has 0 spiro atoms. The molecule has 3 nitrogen and oxygen atoms in total. The second kappa shape index (κ2) is 6.35. The smallest absolute Gasteiger partial charge is 0.127 e. The molecule has 112 valence electrons. The van der Waals surface area contributed by atoms with Crippen LogP contribution in [0.1, 0.15) is 18.4 Å². The van der Waals surface area contributed by atoms with E-state index in [0.717, 1.165) is 38.5 Å². The van der Waals surface area contributed by atoms with E-state index in [0.29, 0.717) is 18.0 Å². The lowest BCUT2D eigenvalue weighted by molar-refractivity contribution is 0.163. The van der Waals surface area contributed by atoms with Crippen LogP contribution in [0.3, 0.4) is 0 Å². The van der Waals surface area contributed by atoms with Gasteiger partial charge in [0.05, 0.1) is 0 Å². The van der Waals surface area contributed by atoms with Crippen molar-refractivity contribution in [3.8, 4) is 0 Å². The Morgan fingerprint density at radius 3 is 2.71 bits per heavy atom. The Morgan fingerprint density at radius 2 is 2.00 bits per heavy atom. The number of hydrogen-bond donors (Lipinski definition) is 0. The number of piperidine rings is 1. The van der Waals surface area contributed by atoms with Crippen LogP contribution in [0.2, 0.25) is 0 Å². The van der Waals surface area contributed by atoms with Crippen LogP contribution >= 0.6 is 0 Å². The monoisotopic (exact) mass is 291 g/mol. The largest absolute Gasteiger partial charge is 0.299 e. The zero-order valence-corrected chi connectivity index (χ0v) is 11.9. The van der Waals surface area contributed by atoms with Gasteiger partial charge in [0.25, 0.3) is 0 Å². The van der Waals surface area contributed by atoms with Crippen LogP contribution in [-0.2, 0) is 13.1 Å². The van der Waals surface area contributed by atoms with Crippen LogP contribution in [0.15, 0.2) is 36.7 Å². The molecule has 2 heterocycles. The molecule has 1 aliphatic rings. The Bertz CT molecular complexity index is 575. The van der Waals surface area contributed by atoms with Gasteiger partial charge in [0.1, 0.15) is 11.6 Å². The highest BCUT2D eigenvalue weighted by Crippen LogP contribution is 2.21. The Morgan fingerprint density at radius 1 is 1.19 bits per heavy atom. The van der Waals surface area contributed by atoms with Crippen molar-refractivity contribution in [1.82, 2.24) is 14.7 Å². The summed E-state index contributed by atoms with van der Waals surface area (Å²) in [5.74, 6) is -0.0893. The van der Waals surface area contributed by atoms with Crippen LogP contribution < -0.4 is 0 Å². The van der Waals surface area contributed by atoms with Crippen molar-refractivity contribution in [3.05, 3.63) is 53.9 Å². The Balaban J connectivity index is 1.52. The summed E-state index contributed by atoms with van der Waals surface area (Å²) in [4.78, 5) is 2.19. The second-order valence-corrected chi connectivity index (χ2v) is 5.68. The lowest BCUT2D eigenvalue weighted by atomic mass is 9.96. The van der Waals surface area contributed by atoms with Gasteiger partial charge < -0.3 is 0 Å². The Kier molecular flexibility index (Phi) is 4.29. The summed E-state index contributed by atoms with van der Waals surface area (Å²) in [6.07, 6.45) is 5.91. The van der Waals surface area contributed by atoms with Crippen molar-refractivity contribution in [2.75, 3.05) is 13.1 Å². The molecule has 21 heavy (non-hydrogen) atoms. The molecular formula is C16H19F2N3. The van der Waals surface area contributed by atoms with Gasteiger partial charge in [-0.2, -0.15) is 5.10 Å². The lowest BCUT2D eigenvalue weighted by Crippen LogP contribution is -2.34. The summed E-state index contributed by atoms with van der Waals surface area (Å²) in [7, 11) is 0. The molecule has 3 rings (SSSR count). The molecule has 0 bridgehead atoms. The minimum atomic E-state index is -0.375. The third-order valence-corrected chi connectivity index (χ3v) is 4.11. The van der Waals surface area contributed by atoms with E-state index >= 15 is 0 Å². The summed E-state index contributed by atoms with van der Waals surface area (Å²) >= 11 is 0. The highest BCUT2D eigenvalue weighted by molar-refractivity contribution is 5.18. The van der Waals surface area contributed by atoms with Gasteiger partial charge in [-0.3, -0.25) is 9.58 Å². The molecule has 1 fully saturated rings. The fraction of sp³-hybridized carbons (Fsp3) is 0.438. The second-order valence-electron chi connectivity index (χ2n) is 5.68. The summed E-state index contributed by atoms with van der Waals surface area (Å²) in [5.41, 5.74) is 0.445. The van der Waals surface area contributed by atoms with Crippen molar-refractivity contribution < 1.29 is 8.78 Å². The number of rotatable bonds is 4. The minimum absolute atomic E-state index is 0.324. The van der Waals surface area contributed by atoms with Gasteiger partial charge >= 0.3 is 0 Å². The predicted octanol–water partition coefficient (Wildman–Crippen LogP) is 3.07. The fourth-order valence-corrected chi connectivity index (χ4v) is 2.91. The van der Waals surface area contributed by atoms with Crippen molar-refractivity contribution in [1.29, 1.82) is 0 Å². The molecule has 0 amide bonds. The lowest BCUT2D eigenvalue weighted by Gasteiger charge is -2.32. The molecule has 0 saturated carbocycles. The first-order valence-electron chi connectivity index (χ1n) is 7.34. The standard InChI is InChI=1S/C16H19F2N3/c17-15-2-3-16(18)14(10-15)12-20-8-4-13(5-9-20)11-21-7-1-6-19-21/h1-3,6-7,10,13H,4-5,8-9,11-12H2. The van der Waals surface area contributed by atoms with Crippen LogP contribution in [0.4, 0.5) is 8.78 Å². The average molecular weight is 291 g/mol. The van der Waals surface area contributed by atoms with E-state index in [2.05, 4.69) is 10.00 Å². The topological polar surface area (TPSA) is 21.1 Å². The SMILES string of the molecule is Fc1ccc(F)c(CN2CCC(Cn3cccn3)CC2)c1. The third-order valence-electron chi connectivity index (χ3n) is 4.11. The van der Waals surface area contributed by atoms with Crippen LogP contribution in [0.25, 0.3) is 0 Å². The number of nitrogens with zero attached hydrogens (tertiary/aromatic N) is 3. The zero-order chi connectivity index (χ0) is 14.7. The number of hydrogen-bond acceptors (Lipinski definition) is 2. The number of likely N-dealkylation sites (tertiary alicyclic amines) is 1. The van der Waals surface area contributed by atoms with Gasteiger partial charge in [-0.25, -0.2) is 8.78 Å². The molecule has 1 saturated heterocycles. The molecule has 0 unspecified atom stereocenters. The molecule has 1 aliphatic heterocycles. The van der Waals surface area contributed by atoms with E-state index < -0.39 is 0 Å². The van der Waals surface area contributed by atoms with Gasteiger partial charge in [0, 0.05) is 31.0 Å². The van der Waals surface area contributed by atoms with E-state index in [1.54, 1.807) is 6.20 Å². The van der Waals surface area contributed by atoms with Crippen molar-refractivity contribution >= 4 is 0 Å². The summed E-state index contributed by atoms with van der Waals surface area (Å²) in [5, 5.41) is 4.23. The molecule has 0 N–H and O–H groups in total. The average Bonchev–Trinajstić information content (AvgIpc) is 2.98. The van der Waals surface area contributed by atoms with Crippen LogP contribution in [0, 0.1) is 17.6 Å². The highest BCUT2D eigenvalue weighted by atomic mass is 19.1. The molecule has 0 radical (unpaired) electrons. The van der Waals surface area contributed by atoms with Crippen LogP contribution in [-0.4, -0.2) is 27.8 Å². The predicted molar refractivity (Wildman–Crippen MR) is 76.6 cm³/mol. The van der Waals surface area contributed by atoms with E-state index in [4.69, 9.17) is 0 Å². The summed E-state index contributed by atoms with van der Waals surface area (Å²) in [6, 6.07) is 5.59.